The number of nitriles is 5. The number of halogens is 10. The number of aromatic nitrogens is 4. The largest absolute Gasteiger partial charge is 0.417 e. The van der Waals surface area contributed by atoms with Crippen LogP contribution in [0.25, 0.3) is 89.5 Å². The smallest absolute Gasteiger partial charge is 0.232 e. The summed E-state index contributed by atoms with van der Waals surface area (Å²) in [4.78, 5) is 16.0. The minimum Gasteiger partial charge on any atom is -0.232 e. The standard InChI is InChI=1S/C43H11F10N9/c44-10-23-38(41(47)27(46)11-45)24(12-54)37-21-7-19(17-1-3-28-30(5-17)61-34(15-57)32(13-55)59-28)25(42(48,49)50)8-20(21)22-9-26(43(51,52)53)36(40(23)39(22)37)18-2-4-29-31(6-18)62-35(16-58)33(14-56)60-29/h1-11H/b23-10-,27-11-,41-38-. The van der Waals surface area contributed by atoms with Crippen LogP contribution < -0.4 is 10.4 Å². The van der Waals surface area contributed by atoms with Crippen LogP contribution in [0.5, 0.6) is 0 Å². The van der Waals surface area contributed by atoms with Gasteiger partial charge in [0.25, 0.3) is 0 Å². The highest BCUT2D eigenvalue weighted by molar-refractivity contribution is 6.21. The Labute approximate surface area is 338 Å². The van der Waals surface area contributed by atoms with Gasteiger partial charge in [0.05, 0.1) is 45.1 Å². The van der Waals surface area contributed by atoms with Crippen LogP contribution in [0.1, 0.15) is 39.5 Å². The van der Waals surface area contributed by atoms with Crippen LogP contribution in [0.15, 0.2) is 66.8 Å². The summed E-state index contributed by atoms with van der Waals surface area (Å²) in [7, 11) is 0. The summed E-state index contributed by atoms with van der Waals surface area (Å²) in [6, 6.07) is 16.4. The van der Waals surface area contributed by atoms with Crippen LogP contribution >= 0.6 is 0 Å². The molecule has 0 amide bonds. The van der Waals surface area contributed by atoms with E-state index in [1.54, 1.807) is 30.3 Å². The number of allylic oxidation sites excluding steroid dienone is 1. The van der Waals surface area contributed by atoms with Crippen LogP contribution in [-0.4, -0.2) is 19.9 Å². The highest BCUT2D eigenvalue weighted by Gasteiger charge is 2.41. The predicted octanol–water partition coefficient (Wildman–Crippen LogP) is 9.67. The molecule has 0 N–H and O–H groups in total. The molecule has 2 heterocycles. The minimum atomic E-state index is -5.44. The summed E-state index contributed by atoms with van der Waals surface area (Å²) in [5.74, 6) is -4.56. The third kappa shape index (κ3) is 5.97. The van der Waals surface area contributed by atoms with E-state index in [9.17, 15) is 35.1 Å². The number of fused-ring (bicyclic) bond motifs is 5. The molecule has 0 spiro atoms. The molecule has 8 rings (SSSR count). The Kier molecular flexibility index (Phi) is 9.19. The normalized spacial score (nSPS) is 13.0. The topological polar surface area (TPSA) is 171 Å². The van der Waals surface area contributed by atoms with Gasteiger partial charge in [-0.2, -0.15) is 52.7 Å². The fraction of sp³-hybridized carbons (Fsp3) is 0.0465. The van der Waals surface area contributed by atoms with E-state index in [2.05, 4.69) is 19.9 Å². The van der Waals surface area contributed by atoms with Crippen LogP contribution in [0, 0.1) is 56.7 Å². The molecule has 298 valence electrons. The molecule has 0 radical (unpaired) electrons. The maximum Gasteiger partial charge on any atom is 0.417 e. The van der Waals surface area contributed by atoms with E-state index in [-0.39, 0.29) is 33.3 Å². The minimum absolute atomic E-state index is 0.0159. The average molecular weight is 844 g/mol. The first-order valence-electron chi connectivity index (χ1n) is 17.1. The summed E-state index contributed by atoms with van der Waals surface area (Å²) in [5.41, 5.74) is -11.1. The first-order valence-corrected chi connectivity index (χ1v) is 17.1. The van der Waals surface area contributed by atoms with Gasteiger partial charge in [-0.1, -0.05) is 12.1 Å². The fourth-order valence-corrected chi connectivity index (χ4v) is 7.59. The lowest BCUT2D eigenvalue weighted by Gasteiger charge is -2.19. The summed E-state index contributed by atoms with van der Waals surface area (Å²) in [6.07, 6.45) is -12.1. The lowest BCUT2D eigenvalue weighted by Crippen LogP contribution is -2.32. The maximum atomic E-state index is 16.1. The van der Waals surface area contributed by atoms with E-state index < -0.39 is 131 Å². The molecule has 2 aromatic heterocycles. The van der Waals surface area contributed by atoms with Crippen LogP contribution in [-0.2, 0) is 12.4 Å². The molecule has 0 unspecified atom stereocenters. The number of rotatable bonds is 3. The highest BCUT2D eigenvalue weighted by atomic mass is 19.4. The molecule has 0 atom stereocenters. The van der Waals surface area contributed by atoms with Gasteiger partial charge in [0.2, 0.25) is 0 Å². The van der Waals surface area contributed by atoms with Gasteiger partial charge < -0.3 is 0 Å². The zero-order valence-corrected chi connectivity index (χ0v) is 30.2. The van der Waals surface area contributed by atoms with Gasteiger partial charge in [0, 0.05) is 32.3 Å². The Bertz CT molecular complexity index is 3610. The third-order valence-corrected chi connectivity index (χ3v) is 10.0. The van der Waals surface area contributed by atoms with Crippen molar-refractivity contribution in [2.24, 2.45) is 0 Å². The Morgan fingerprint density at radius 2 is 1.02 bits per heavy atom. The molecule has 5 aromatic carbocycles. The molecule has 0 aliphatic heterocycles. The summed E-state index contributed by atoms with van der Waals surface area (Å²) >= 11 is 0. The number of nitrogens with zero attached hydrogens (tertiary/aromatic N) is 9. The van der Waals surface area contributed by atoms with Crippen molar-refractivity contribution >= 4 is 45.0 Å². The molecule has 9 nitrogen and oxygen atoms in total. The molecular formula is C43H11F10N9. The lowest BCUT2D eigenvalue weighted by atomic mass is 9.86. The van der Waals surface area contributed by atoms with Crippen LogP contribution in [0.3, 0.4) is 0 Å². The van der Waals surface area contributed by atoms with Crippen molar-refractivity contribution in [3.05, 3.63) is 117 Å². The Balaban J connectivity index is 1.59. The van der Waals surface area contributed by atoms with Crippen molar-refractivity contribution in [3.8, 4) is 74.9 Å². The van der Waals surface area contributed by atoms with Gasteiger partial charge in [0.1, 0.15) is 36.7 Å². The average Bonchev–Trinajstić information content (AvgIpc) is 3.59. The number of benzene rings is 5. The first kappa shape index (κ1) is 40.1. The third-order valence-electron chi connectivity index (χ3n) is 10.0. The quantitative estimate of drug-likeness (QED) is 0.157. The van der Waals surface area contributed by atoms with Gasteiger partial charge in [-0.25, -0.2) is 37.5 Å². The monoisotopic (exact) mass is 843 g/mol. The number of hydrogen-bond donors (Lipinski definition) is 0. The SMILES string of the molecule is N#Cc1nc2ccc(-c3cc4c(cc3C(F)(F)F)-c3cc(C(F)(F)F)c(-c5ccc6nc(C#N)c(C#N)nc6c5)c5c(=C\F)/c(=C(F)\C(F)=C\F)c(C#N)c-4c35)cc2nc1C#N. The van der Waals surface area contributed by atoms with Crippen molar-refractivity contribution in [1.29, 1.82) is 26.3 Å². The van der Waals surface area contributed by atoms with E-state index in [1.807, 2.05) is 0 Å². The molecule has 0 fully saturated rings. The Morgan fingerprint density at radius 1 is 0.516 bits per heavy atom. The summed E-state index contributed by atoms with van der Waals surface area (Å²) < 4.78 is 152. The van der Waals surface area contributed by atoms with E-state index >= 15 is 35.1 Å². The van der Waals surface area contributed by atoms with Gasteiger partial charge in [-0.05, 0) is 75.8 Å². The van der Waals surface area contributed by atoms with Gasteiger partial charge in [-0.15, -0.1) is 0 Å². The van der Waals surface area contributed by atoms with Crippen molar-refractivity contribution in [2.75, 3.05) is 0 Å². The molecular weight excluding hydrogens is 833 g/mol. The van der Waals surface area contributed by atoms with Crippen molar-refractivity contribution in [3.63, 3.8) is 0 Å². The van der Waals surface area contributed by atoms with E-state index in [1.165, 1.54) is 6.07 Å². The second-order valence-electron chi connectivity index (χ2n) is 13.3. The van der Waals surface area contributed by atoms with Gasteiger partial charge in [0.15, 0.2) is 34.4 Å². The zero-order chi connectivity index (χ0) is 44.6. The maximum absolute atomic E-state index is 16.1. The van der Waals surface area contributed by atoms with E-state index in [4.69, 9.17) is 0 Å². The molecule has 1 aliphatic rings. The molecule has 1 aliphatic carbocycles. The lowest BCUT2D eigenvalue weighted by molar-refractivity contribution is -0.137. The molecule has 0 saturated carbocycles. The van der Waals surface area contributed by atoms with Gasteiger partial charge >= 0.3 is 12.4 Å². The second kappa shape index (κ2) is 14.2. The molecule has 0 bridgehead atoms. The second-order valence-corrected chi connectivity index (χ2v) is 13.3. The Morgan fingerprint density at radius 3 is 1.50 bits per heavy atom. The fourth-order valence-electron chi connectivity index (χ4n) is 7.59. The molecule has 7 aromatic rings. The summed E-state index contributed by atoms with van der Waals surface area (Å²) in [5, 5.41) is 44.3. The first-order chi connectivity index (χ1) is 29.5. The summed E-state index contributed by atoms with van der Waals surface area (Å²) in [6.45, 7) is 0. The highest BCUT2D eigenvalue weighted by Crippen LogP contribution is 2.55. The van der Waals surface area contributed by atoms with Crippen molar-refractivity contribution in [1.82, 2.24) is 19.9 Å². The van der Waals surface area contributed by atoms with Crippen LogP contribution in [0.2, 0.25) is 0 Å². The molecule has 0 saturated heterocycles. The molecule has 62 heavy (non-hydrogen) atoms. The number of alkyl halides is 6. The van der Waals surface area contributed by atoms with Crippen molar-refractivity contribution < 1.29 is 43.9 Å². The predicted molar refractivity (Wildman–Crippen MR) is 199 cm³/mol. The van der Waals surface area contributed by atoms with Crippen molar-refractivity contribution in [2.45, 2.75) is 12.4 Å². The Hall–Kier alpha value is -8.73. The van der Waals surface area contributed by atoms with Gasteiger partial charge in [-0.3, -0.25) is 0 Å². The van der Waals surface area contributed by atoms with Crippen LogP contribution in [0.4, 0.5) is 43.9 Å². The van der Waals surface area contributed by atoms with E-state index in [0.29, 0.717) is 12.1 Å². The molecule has 19 heteroatoms. The van der Waals surface area contributed by atoms with E-state index in [0.717, 1.165) is 36.4 Å². The zero-order valence-electron chi connectivity index (χ0n) is 30.2. The number of hydrogen-bond acceptors (Lipinski definition) is 9.